The van der Waals surface area contributed by atoms with Gasteiger partial charge in [0.15, 0.2) is 0 Å². The Hall–Kier alpha value is -0.570. The summed E-state index contributed by atoms with van der Waals surface area (Å²) < 4.78 is 1.06. The molecule has 1 aromatic heterocycles. The SMILES string of the molecule is CCC1(CC)CN(c2ncc(Br)cc2C)C1. The van der Waals surface area contributed by atoms with Crippen LogP contribution in [0.5, 0.6) is 0 Å². The van der Waals surface area contributed by atoms with E-state index in [1.807, 2.05) is 6.20 Å². The second-order valence-electron chi connectivity index (χ2n) is 4.86. The molecule has 1 aromatic rings. The van der Waals surface area contributed by atoms with Crippen LogP contribution < -0.4 is 4.90 Å². The van der Waals surface area contributed by atoms with Crippen LogP contribution in [-0.2, 0) is 0 Å². The number of aryl methyl sites for hydroxylation is 1. The number of nitrogens with zero attached hydrogens (tertiary/aromatic N) is 2. The first kappa shape index (κ1) is 11.9. The van der Waals surface area contributed by atoms with Crippen LogP contribution in [0.4, 0.5) is 5.82 Å². The molecule has 1 fully saturated rings. The minimum absolute atomic E-state index is 0.543. The normalized spacial score (nSPS) is 18.4. The molecule has 1 aliphatic heterocycles. The fourth-order valence-electron chi connectivity index (χ4n) is 2.47. The van der Waals surface area contributed by atoms with Crippen LogP contribution in [-0.4, -0.2) is 18.1 Å². The van der Waals surface area contributed by atoms with Crippen molar-refractivity contribution in [1.82, 2.24) is 4.98 Å². The molecule has 0 radical (unpaired) electrons. The third-order valence-corrected chi connectivity index (χ3v) is 4.30. The summed E-state index contributed by atoms with van der Waals surface area (Å²) >= 11 is 3.45. The highest BCUT2D eigenvalue weighted by molar-refractivity contribution is 9.10. The zero-order valence-corrected chi connectivity index (χ0v) is 11.8. The molecular formula is C13H19BrN2. The Labute approximate surface area is 106 Å². The van der Waals surface area contributed by atoms with E-state index in [0.29, 0.717) is 5.41 Å². The summed E-state index contributed by atoms with van der Waals surface area (Å²) in [6.45, 7) is 9.04. The van der Waals surface area contributed by atoms with Gasteiger partial charge in [0, 0.05) is 29.2 Å². The van der Waals surface area contributed by atoms with Crippen molar-refractivity contribution in [3.63, 3.8) is 0 Å². The Balaban J connectivity index is 2.12. The standard InChI is InChI=1S/C13H19BrN2/c1-4-13(5-2)8-16(9-13)12-10(3)6-11(14)7-15-12/h6-7H,4-5,8-9H2,1-3H3. The van der Waals surface area contributed by atoms with Crippen molar-refractivity contribution >= 4 is 21.7 Å². The number of anilines is 1. The van der Waals surface area contributed by atoms with E-state index in [2.05, 4.69) is 52.7 Å². The molecule has 0 N–H and O–H groups in total. The number of hydrogen-bond donors (Lipinski definition) is 0. The molecule has 0 bridgehead atoms. The first-order chi connectivity index (χ1) is 7.60. The lowest BCUT2D eigenvalue weighted by Gasteiger charge is -2.50. The van der Waals surface area contributed by atoms with Crippen LogP contribution in [0, 0.1) is 12.3 Å². The fraction of sp³-hybridized carbons (Fsp3) is 0.615. The third-order valence-electron chi connectivity index (χ3n) is 3.87. The molecule has 1 aliphatic rings. The van der Waals surface area contributed by atoms with Gasteiger partial charge >= 0.3 is 0 Å². The van der Waals surface area contributed by atoms with Gasteiger partial charge in [0.1, 0.15) is 5.82 Å². The van der Waals surface area contributed by atoms with Crippen molar-refractivity contribution in [3.05, 3.63) is 22.3 Å². The van der Waals surface area contributed by atoms with Crippen molar-refractivity contribution < 1.29 is 0 Å². The summed E-state index contributed by atoms with van der Waals surface area (Å²) in [5.41, 5.74) is 1.80. The molecule has 0 saturated carbocycles. The van der Waals surface area contributed by atoms with Crippen LogP contribution in [0.2, 0.25) is 0 Å². The maximum atomic E-state index is 4.51. The molecule has 0 aromatic carbocycles. The third kappa shape index (κ3) is 1.97. The lowest BCUT2D eigenvalue weighted by Crippen LogP contribution is -2.56. The van der Waals surface area contributed by atoms with E-state index in [9.17, 15) is 0 Å². The maximum absolute atomic E-state index is 4.51. The molecular weight excluding hydrogens is 264 g/mol. The van der Waals surface area contributed by atoms with Gasteiger partial charge in [-0.15, -0.1) is 0 Å². The predicted molar refractivity (Wildman–Crippen MR) is 71.9 cm³/mol. The van der Waals surface area contributed by atoms with Crippen LogP contribution in [0.15, 0.2) is 16.7 Å². The molecule has 88 valence electrons. The Morgan fingerprint density at radius 2 is 2.00 bits per heavy atom. The lowest BCUT2D eigenvalue weighted by atomic mass is 9.75. The van der Waals surface area contributed by atoms with Crippen molar-refractivity contribution in [1.29, 1.82) is 0 Å². The molecule has 1 saturated heterocycles. The highest BCUT2D eigenvalue weighted by Crippen LogP contribution is 2.40. The van der Waals surface area contributed by atoms with Gasteiger partial charge in [0.2, 0.25) is 0 Å². The van der Waals surface area contributed by atoms with Gasteiger partial charge in [-0.25, -0.2) is 4.98 Å². The van der Waals surface area contributed by atoms with Crippen LogP contribution in [0.3, 0.4) is 0 Å². The number of pyridine rings is 1. The minimum atomic E-state index is 0.543. The van der Waals surface area contributed by atoms with Crippen molar-refractivity contribution in [2.75, 3.05) is 18.0 Å². The molecule has 0 aliphatic carbocycles. The van der Waals surface area contributed by atoms with Crippen LogP contribution in [0.25, 0.3) is 0 Å². The first-order valence-electron chi connectivity index (χ1n) is 5.97. The Morgan fingerprint density at radius 1 is 1.38 bits per heavy atom. The van der Waals surface area contributed by atoms with E-state index in [1.54, 1.807) is 0 Å². The van der Waals surface area contributed by atoms with Gasteiger partial charge in [-0.05, 0) is 47.3 Å². The highest BCUT2D eigenvalue weighted by Gasteiger charge is 2.40. The van der Waals surface area contributed by atoms with E-state index in [-0.39, 0.29) is 0 Å². The van der Waals surface area contributed by atoms with Crippen LogP contribution in [0.1, 0.15) is 32.3 Å². The smallest absolute Gasteiger partial charge is 0.131 e. The number of halogens is 1. The van der Waals surface area contributed by atoms with Gasteiger partial charge in [-0.3, -0.25) is 0 Å². The number of rotatable bonds is 3. The quantitative estimate of drug-likeness (QED) is 0.839. The van der Waals surface area contributed by atoms with Crippen molar-refractivity contribution in [3.8, 4) is 0 Å². The van der Waals surface area contributed by atoms with Gasteiger partial charge in [-0.2, -0.15) is 0 Å². The van der Waals surface area contributed by atoms with E-state index in [0.717, 1.165) is 23.4 Å². The summed E-state index contributed by atoms with van der Waals surface area (Å²) in [6, 6.07) is 2.14. The van der Waals surface area contributed by atoms with Crippen molar-refractivity contribution in [2.24, 2.45) is 5.41 Å². The molecule has 0 amide bonds. The summed E-state index contributed by atoms with van der Waals surface area (Å²) in [4.78, 5) is 6.91. The van der Waals surface area contributed by atoms with Crippen LogP contribution >= 0.6 is 15.9 Å². The second-order valence-corrected chi connectivity index (χ2v) is 5.77. The molecule has 3 heteroatoms. The molecule has 2 heterocycles. The Morgan fingerprint density at radius 3 is 2.50 bits per heavy atom. The zero-order valence-electron chi connectivity index (χ0n) is 10.3. The van der Waals surface area contributed by atoms with Crippen molar-refractivity contribution in [2.45, 2.75) is 33.6 Å². The Bertz CT molecular complexity index is 378. The number of hydrogen-bond acceptors (Lipinski definition) is 2. The molecule has 2 rings (SSSR count). The highest BCUT2D eigenvalue weighted by atomic mass is 79.9. The molecule has 2 nitrogen and oxygen atoms in total. The van der Waals surface area contributed by atoms with E-state index >= 15 is 0 Å². The minimum Gasteiger partial charge on any atom is -0.355 e. The molecule has 0 unspecified atom stereocenters. The monoisotopic (exact) mass is 282 g/mol. The maximum Gasteiger partial charge on any atom is 0.131 e. The zero-order chi connectivity index (χ0) is 11.8. The summed E-state index contributed by atoms with van der Waals surface area (Å²) in [5, 5.41) is 0. The van der Waals surface area contributed by atoms with E-state index in [1.165, 1.54) is 18.4 Å². The lowest BCUT2D eigenvalue weighted by molar-refractivity contribution is 0.193. The number of aromatic nitrogens is 1. The first-order valence-corrected chi connectivity index (χ1v) is 6.76. The van der Waals surface area contributed by atoms with E-state index < -0.39 is 0 Å². The summed E-state index contributed by atoms with van der Waals surface area (Å²) in [5.74, 6) is 1.15. The average Bonchev–Trinajstić information content (AvgIpc) is 2.20. The summed E-state index contributed by atoms with van der Waals surface area (Å²) in [6.07, 6.45) is 4.44. The fourth-order valence-corrected chi connectivity index (χ4v) is 2.92. The second kappa shape index (κ2) is 4.36. The molecule has 0 atom stereocenters. The van der Waals surface area contributed by atoms with Gasteiger partial charge in [-0.1, -0.05) is 13.8 Å². The molecule has 16 heavy (non-hydrogen) atoms. The van der Waals surface area contributed by atoms with Gasteiger partial charge in [0.05, 0.1) is 0 Å². The largest absolute Gasteiger partial charge is 0.355 e. The predicted octanol–water partition coefficient (Wildman–Crippen LogP) is 3.78. The topological polar surface area (TPSA) is 16.1 Å². The molecule has 0 spiro atoms. The summed E-state index contributed by atoms with van der Waals surface area (Å²) in [7, 11) is 0. The average molecular weight is 283 g/mol. The van der Waals surface area contributed by atoms with Gasteiger partial charge in [0.25, 0.3) is 0 Å². The van der Waals surface area contributed by atoms with E-state index in [4.69, 9.17) is 0 Å². The Kier molecular flexibility index (Phi) is 3.24. The van der Waals surface area contributed by atoms with Gasteiger partial charge < -0.3 is 4.90 Å².